The van der Waals surface area contributed by atoms with Gasteiger partial charge >= 0.3 is 0 Å². The molecule has 0 unspecified atom stereocenters. The van der Waals surface area contributed by atoms with Crippen molar-refractivity contribution in [1.29, 1.82) is 0 Å². The summed E-state index contributed by atoms with van der Waals surface area (Å²) >= 11 is 0. The molecule has 1 aromatic heterocycles. The van der Waals surface area contributed by atoms with Crippen molar-refractivity contribution in [2.24, 2.45) is 5.92 Å². The first-order valence-electron chi connectivity index (χ1n) is 13.4. The van der Waals surface area contributed by atoms with Gasteiger partial charge in [0, 0.05) is 38.1 Å². The number of carbonyl (C=O) groups is 2. The molecule has 3 fully saturated rings. The van der Waals surface area contributed by atoms with E-state index in [2.05, 4.69) is 10.4 Å². The second kappa shape index (κ2) is 11.4. The summed E-state index contributed by atoms with van der Waals surface area (Å²) in [4.78, 5) is 27.5. The van der Waals surface area contributed by atoms with Crippen LogP contribution in [-0.2, 0) is 26.2 Å². The van der Waals surface area contributed by atoms with E-state index in [-0.39, 0.29) is 35.2 Å². The van der Waals surface area contributed by atoms with Crippen LogP contribution in [0.4, 0.5) is 0 Å². The van der Waals surface area contributed by atoms with Crippen LogP contribution in [0.15, 0.2) is 4.90 Å². The van der Waals surface area contributed by atoms with E-state index in [0.29, 0.717) is 37.3 Å². The zero-order valence-corrected chi connectivity index (χ0v) is 22.1. The van der Waals surface area contributed by atoms with Crippen molar-refractivity contribution in [3.63, 3.8) is 0 Å². The standard InChI is InChI=1S/C25H41N5O4S/c1-19-24(20(2)30(27-19)18-23(31)28-14-8-9-15-28)35(33,34)29-16-12-21(13-17-29)25(32)26-22-10-6-4-3-5-7-11-22/h21-22H,3-18H2,1-2H3,(H,26,32). The first kappa shape index (κ1) is 26.1. The maximum absolute atomic E-state index is 13.5. The summed E-state index contributed by atoms with van der Waals surface area (Å²) in [6.45, 7) is 5.62. The van der Waals surface area contributed by atoms with Gasteiger partial charge in [-0.05, 0) is 52.4 Å². The first-order valence-corrected chi connectivity index (χ1v) is 14.8. The fourth-order valence-electron chi connectivity index (χ4n) is 5.81. The van der Waals surface area contributed by atoms with Gasteiger partial charge in [0.2, 0.25) is 21.8 Å². The van der Waals surface area contributed by atoms with Gasteiger partial charge < -0.3 is 10.2 Å². The molecule has 3 aliphatic rings. The Kier molecular flexibility index (Phi) is 8.52. The maximum atomic E-state index is 13.5. The number of nitrogens with one attached hydrogen (secondary N) is 1. The van der Waals surface area contributed by atoms with Crippen LogP contribution >= 0.6 is 0 Å². The molecule has 1 N–H and O–H groups in total. The van der Waals surface area contributed by atoms with Crippen molar-refractivity contribution in [2.45, 2.75) is 102 Å². The maximum Gasteiger partial charge on any atom is 0.246 e. The lowest BCUT2D eigenvalue weighted by molar-refractivity contribution is -0.131. The van der Waals surface area contributed by atoms with Crippen LogP contribution in [0.5, 0.6) is 0 Å². The van der Waals surface area contributed by atoms with E-state index < -0.39 is 10.0 Å². The Morgan fingerprint density at radius 3 is 2.11 bits per heavy atom. The summed E-state index contributed by atoms with van der Waals surface area (Å²) in [5.41, 5.74) is 0.917. The highest BCUT2D eigenvalue weighted by Crippen LogP contribution is 2.28. The normalized spacial score (nSPS) is 21.6. The molecule has 2 amide bonds. The first-order chi connectivity index (χ1) is 16.8. The SMILES string of the molecule is Cc1nn(CC(=O)N2CCCC2)c(C)c1S(=O)(=O)N1CCC(C(=O)NC2CCCCCCC2)CC1. The second-order valence-corrected chi connectivity index (χ2v) is 12.3. The van der Waals surface area contributed by atoms with Crippen molar-refractivity contribution >= 4 is 21.8 Å². The van der Waals surface area contributed by atoms with Crippen molar-refractivity contribution < 1.29 is 18.0 Å². The van der Waals surface area contributed by atoms with E-state index >= 15 is 0 Å². The number of amides is 2. The Balaban J connectivity index is 1.36. The average Bonchev–Trinajstić information content (AvgIpc) is 3.44. The molecule has 2 aliphatic heterocycles. The molecule has 196 valence electrons. The second-order valence-electron chi connectivity index (χ2n) is 10.5. The third-order valence-electron chi connectivity index (χ3n) is 7.93. The smallest absolute Gasteiger partial charge is 0.246 e. The summed E-state index contributed by atoms with van der Waals surface area (Å²) < 4.78 is 30.1. The highest BCUT2D eigenvalue weighted by atomic mass is 32.2. The van der Waals surface area contributed by atoms with Crippen molar-refractivity contribution in [2.75, 3.05) is 26.2 Å². The summed E-state index contributed by atoms with van der Waals surface area (Å²) in [7, 11) is -3.75. The van der Waals surface area contributed by atoms with Crippen LogP contribution in [0.2, 0.25) is 0 Å². The van der Waals surface area contributed by atoms with Crippen molar-refractivity contribution in [3.05, 3.63) is 11.4 Å². The van der Waals surface area contributed by atoms with Gasteiger partial charge in [-0.1, -0.05) is 32.1 Å². The molecule has 3 heterocycles. The fraction of sp³-hybridized carbons (Fsp3) is 0.800. The molecular weight excluding hydrogens is 466 g/mol. The number of aromatic nitrogens is 2. The zero-order chi connectivity index (χ0) is 25.0. The molecule has 1 aromatic rings. The molecule has 1 saturated carbocycles. The Morgan fingerprint density at radius 2 is 1.49 bits per heavy atom. The van der Waals surface area contributed by atoms with Crippen LogP contribution in [0.3, 0.4) is 0 Å². The van der Waals surface area contributed by atoms with E-state index in [1.165, 1.54) is 28.2 Å². The lowest BCUT2D eigenvalue weighted by Crippen LogP contribution is -2.45. The number of hydrogen-bond acceptors (Lipinski definition) is 5. The number of piperidine rings is 1. The highest BCUT2D eigenvalue weighted by molar-refractivity contribution is 7.89. The van der Waals surface area contributed by atoms with Crippen LogP contribution in [0, 0.1) is 19.8 Å². The van der Waals surface area contributed by atoms with Gasteiger partial charge in [-0.25, -0.2) is 8.42 Å². The third-order valence-corrected chi connectivity index (χ3v) is 10.1. The molecule has 2 saturated heterocycles. The summed E-state index contributed by atoms with van der Waals surface area (Å²) in [5.74, 6) is -0.0868. The number of aryl methyl sites for hydroxylation is 1. The van der Waals surface area contributed by atoms with Crippen LogP contribution in [0.25, 0.3) is 0 Å². The van der Waals surface area contributed by atoms with Gasteiger partial charge in [-0.15, -0.1) is 0 Å². The molecule has 4 rings (SSSR count). The topological polar surface area (TPSA) is 105 Å². The van der Waals surface area contributed by atoms with Gasteiger partial charge in [0.15, 0.2) is 0 Å². The van der Waals surface area contributed by atoms with E-state index in [1.54, 1.807) is 13.8 Å². The molecule has 1 aliphatic carbocycles. The Hall–Kier alpha value is -1.94. The van der Waals surface area contributed by atoms with Gasteiger partial charge in [0.25, 0.3) is 0 Å². The molecule has 9 nitrogen and oxygen atoms in total. The van der Waals surface area contributed by atoms with Gasteiger partial charge in [0.1, 0.15) is 11.4 Å². The molecular formula is C25H41N5O4S. The van der Waals surface area contributed by atoms with Crippen LogP contribution < -0.4 is 5.32 Å². The third kappa shape index (κ3) is 6.07. The number of sulfonamides is 1. The molecule has 0 radical (unpaired) electrons. The van der Waals surface area contributed by atoms with Crippen LogP contribution in [-0.4, -0.2) is 71.4 Å². The van der Waals surface area contributed by atoms with Crippen molar-refractivity contribution in [3.8, 4) is 0 Å². The predicted molar refractivity (Wildman–Crippen MR) is 133 cm³/mol. The molecule has 10 heteroatoms. The minimum absolute atomic E-state index is 0.0202. The molecule has 35 heavy (non-hydrogen) atoms. The Morgan fingerprint density at radius 1 is 0.886 bits per heavy atom. The van der Waals surface area contributed by atoms with Crippen molar-refractivity contribution in [1.82, 2.24) is 24.3 Å². The van der Waals surface area contributed by atoms with Gasteiger partial charge in [-0.3, -0.25) is 14.3 Å². The minimum atomic E-state index is -3.75. The molecule has 0 spiro atoms. The number of rotatable bonds is 6. The van der Waals surface area contributed by atoms with E-state index in [9.17, 15) is 18.0 Å². The lowest BCUT2D eigenvalue weighted by atomic mass is 9.94. The number of carbonyl (C=O) groups excluding carboxylic acids is 2. The number of hydrogen-bond donors (Lipinski definition) is 1. The zero-order valence-electron chi connectivity index (χ0n) is 21.3. The quantitative estimate of drug-likeness (QED) is 0.638. The number of nitrogens with zero attached hydrogens (tertiary/aromatic N) is 4. The van der Waals surface area contributed by atoms with Gasteiger partial charge in [-0.2, -0.15) is 9.40 Å². The molecule has 0 bridgehead atoms. The summed E-state index contributed by atoms with van der Waals surface area (Å²) in [6.07, 6.45) is 11.3. The number of likely N-dealkylation sites (tertiary alicyclic amines) is 1. The fourth-order valence-corrected chi connectivity index (χ4v) is 7.65. The highest BCUT2D eigenvalue weighted by Gasteiger charge is 2.36. The predicted octanol–water partition coefficient (Wildman–Crippen LogP) is 2.75. The van der Waals surface area contributed by atoms with Crippen LogP contribution in [0.1, 0.15) is 82.0 Å². The van der Waals surface area contributed by atoms with E-state index in [4.69, 9.17) is 0 Å². The molecule has 0 atom stereocenters. The monoisotopic (exact) mass is 507 g/mol. The average molecular weight is 508 g/mol. The van der Waals surface area contributed by atoms with E-state index in [1.807, 2.05) is 4.90 Å². The minimum Gasteiger partial charge on any atom is -0.353 e. The molecule has 0 aromatic carbocycles. The van der Waals surface area contributed by atoms with Gasteiger partial charge in [0.05, 0.1) is 11.4 Å². The largest absolute Gasteiger partial charge is 0.353 e. The lowest BCUT2D eigenvalue weighted by Gasteiger charge is -2.32. The van der Waals surface area contributed by atoms with E-state index in [0.717, 1.165) is 51.6 Å². The summed E-state index contributed by atoms with van der Waals surface area (Å²) in [6, 6.07) is 0.254. The summed E-state index contributed by atoms with van der Waals surface area (Å²) in [5, 5.41) is 7.65. The Bertz CT molecular complexity index is 999. The Labute approximate surface area is 209 Å².